The first-order chi connectivity index (χ1) is 12.4. The van der Waals surface area contributed by atoms with Crippen LogP contribution in [0.4, 0.5) is 0 Å². The zero-order valence-electron chi connectivity index (χ0n) is 16.0. The molecule has 132 valence electrons. The van der Waals surface area contributed by atoms with Crippen molar-refractivity contribution in [1.82, 2.24) is 15.0 Å². The van der Waals surface area contributed by atoms with E-state index in [0.29, 0.717) is 0 Å². The first kappa shape index (κ1) is 16.9. The van der Waals surface area contributed by atoms with Gasteiger partial charge < -0.3 is 0 Å². The van der Waals surface area contributed by atoms with Crippen molar-refractivity contribution in [3.63, 3.8) is 0 Å². The number of rotatable bonds is 2. The molecule has 0 fully saturated rings. The molecule has 4 rings (SSSR count). The molecule has 3 heteroatoms. The lowest BCUT2D eigenvalue weighted by atomic mass is 9.75. The Hall–Kier alpha value is -2.55. The Labute approximate surface area is 155 Å². The third kappa shape index (κ3) is 3.14. The molecule has 0 spiro atoms. The summed E-state index contributed by atoms with van der Waals surface area (Å²) in [6.07, 6.45) is 3.18. The number of nitrogens with zero attached hydrogens (tertiary/aromatic N) is 3. The summed E-state index contributed by atoms with van der Waals surface area (Å²) in [6, 6.07) is 14.5. The second kappa shape index (κ2) is 6.31. The van der Waals surface area contributed by atoms with Crippen LogP contribution in [0.2, 0.25) is 0 Å². The lowest BCUT2D eigenvalue weighted by molar-refractivity contribution is 0.312. The van der Waals surface area contributed by atoms with Crippen LogP contribution < -0.4 is 0 Å². The van der Waals surface area contributed by atoms with E-state index >= 15 is 0 Å². The van der Waals surface area contributed by atoms with Crippen molar-refractivity contribution in [3.05, 3.63) is 65.0 Å². The largest absolute Gasteiger partial charge is 0.250 e. The van der Waals surface area contributed by atoms with Gasteiger partial charge in [-0.1, -0.05) is 44.2 Å². The SMILES string of the molecule is Cc1cccc(-c2nc3c(c(-c4ccccc4C)n2)CC(C)(C)CC3)n1. The van der Waals surface area contributed by atoms with Gasteiger partial charge in [-0.05, 0) is 56.2 Å². The van der Waals surface area contributed by atoms with Crippen LogP contribution in [0.3, 0.4) is 0 Å². The Balaban J connectivity index is 1.96. The molecule has 0 radical (unpaired) electrons. The predicted octanol–water partition coefficient (Wildman–Crippen LogP) is 5.34. The smallest absolute Gasteiger partial charge is 0.178 e. The average Bonchev–Trinajstić information content (AvgIpc) is 2.61. The van der Waals surface area contributed by atoms with Crippen molar-refractivity contribution >= 4 is 0 Å². The van der Waals surface area contributed by atoms with Crippen LogP contribution >= 0.6 is 0 Å². The Morgan fingerprint density at radius 3 is 2.46 bits per heavy atom. The summed E-state index contributed by atoms with van der Waals surface area (Å²) in [7, 11) is 0. The third-order valence-corrected chi connectivity index (χ3v) is 5.30. The molecule has 0 saturated heterocycles. The van der Waals surface area contributed by atoms with Gasteiger partial charge in [-0.3, -0.25) is 0 Å². The summed E-state index contributed by atoms with van der Waals surface area (Å²) in [4.78, 5) is 14.6. The molecule has 0 saturated carbocycles. The molecule has 0 N–H and O–H groups in total. The first-order valence-corrected chi connectivity index (χ1v) is 9.33. The van der Waals surface area contributed by atoms with Crippen molar-refractivity contribution in [1.29, 1.82) is 0 Å². The van der Waals surface area contributed by atoms with E-state index in [4.69, 9.17) is 9.97 Å². The molecular formula is C23H25N3. The first-order valence-electron chi connectivity index (χ1n) is 9.33. The lowest BCUT2D eigenvalue weighted by Crippen LogP contribution is -2.24. The average molecular weight is 343 g/mol. The fourth-order valence-electron chi connectivity index (χ4n) is 3.79. The highest BCUT2D eigenvalue weighted by atomic mass is 14.9. The molecule has 2 aromatic heterocycles. The van der Waals surface area contributed by atoms with Crippen LogP contribution in [-0.2, 0) is 12.8 Å². The molecule has 1 aliphatic carbocycles. The molecule has 2 heterocycles. The summed E-state index contributed by atoms with van der Waals surface area (Å²) in [5, 5.41) is 0. The number of hydrogen-bond acceptors (Lipinski definition) is 3. The summed E-state index contributed by atoms with van der Waals surface area (Å²) in [6.45, 7) is 8.84. The van der Waals surface area contributed by atoms with Crippen molar-refractivity contribution in [2.45, 2.75) is 47.0 Å². The summed E-state index contributed by atoms with van der Waals surface area (Å²) >= 11 is 0. The van der Waals surface area contributed by atoms with Gasteiger partial charge >= 0.3 is 0 Å². The van der Waals surface area contributed by atoms with Gasteiger partial charge in [0.15, 0.2) is 5.82 Å². The maximum atomic E-state index is 5.02. The van der Waals surface area contributed by atoms with Gasteiger partial charge in [-0.15, -0.1) is 0 Å². The Kier molecular flexibility index (Phi) is 4.10. The highest BCUT2D eigenvalue weighted by Gasteiger charge is 2.30. The van der Waals surface area contributed by atoms with Crippen LogP contribution in [0.25, 0.3) is 22.8 Å². The fraction of sp³-hybridized carbons (Fsp3) is 0.348. The number of hydrogen-bond donors (Lipinski definition) is 0. The maximum absolute atomic E-state index is 5.02. The van der Waals surface area contributed by atoms with E-state index in [-0.39, 0.29) is 5.41 Å². The summed E-state index contributed by atoms with van der Waals surface area (Å²) < 4.78 is 0. The topological polar surface area (TPSA) is 38.7 Å². The second-order valence-electron chi connectivity index (χ2n) is 8.14. The Morgan fingerprint density at radius 2 is 1.69 bits per heavy atom. The van der Waals surface area contributed by atoms with Gasteiger partial charge in [0.25, 0.3) is 0 Å². The minimum absolute atomic E-state index is 0.289. The highest BCUT2D eigenvalue weighted by Crippen LogP contribution is 2.39. The summed E-state index contributed by atoms with van der Waals surface area (Å²) in [5.74, 6) is 0.741. The normalized spacial score (nSPS) is 15.5. The Morgan fingerprint density at radius 1 is 0.885 bits per heavy atom. The molecule has 1 aliphatic rings. The van der Waals surface area contributed by atoms with Crippen molar-refractivity contribution < 1.29 is 0 Å². The molecule has 0 amide bonds. The van der Waals surface area contributed by atoms with Crippen LogP contribution in [0.15, 0.2) is 42.5 Å². The fourth-order valence-corrected chi connectivity index (χ4v) is 3.79. The zero-order valence-corrected chi connectivity index (χ0v) is 16.0. The van der Waals surface area contributed by atoms with Crippen molar-refractivity contribution in [2.24, 2.45) is 5.41 Å². The van der Waals surface area contributed by atoms with Crippen LogP contribution in [-0.4, -0.2) is 15.0 Å². The lowest BCUT2D eigenvalue weighted by Gasteiger charge is -2.32. The molecule has 0 bridgehead atoms. The zero-order chi connectivity index (χ0) is 18.3. The molecular weight excluding hydrogens is 318 g/mol. The van der Waals surface area contributed by atoms with Crippen LogP contribution in [0.5, 0.6) is 0 Å². The van der Waals surface area contributed by atoms with Gasteiger partial charge in [0.1, 0.15) is 5.69 Å². The number of benzene rings is 1. The van der Waals surface area contributed by atoms with Crippen molar-refractivity contribution in [3.8, 4) is 22.8 Å². The standard InChI is InChI=1S/C23H25N3/c1-15-8-5-6-10-17(15)21-18-14-23(3,4)13-12-19(18)25-22(26-21)20-11-7-9-16(2)24-20/h5-11H,12-14H2,1-4H3. The van der Waals surface area contributed by atoms with Gasteiger partial charge in [0, 0.05) is 22.5 Å². The molecule has 0 aliphatic heterocycles. The number of fused-ring (bicyclic) bond motifs is 1. The molecule has 0 unspecified atom stereocenters. The molecule has 26 heavy (non-hydrogen) atoms. The number of aromatic nitrogens is 3. The van der Waals surface area contributed by atoms with E-state index in [1.165, 1.54) is 22.4 Å². The van der Waals surface area contributed by atoms with E-state index in [2.05, 4.69) is 50.0 Å². The minimum Gasteiger partial charge on any atom is -0.250 e. The molecule has 3 nitrogen and oxygen atoms in total. The quantitative estimate of drug-likeness (QED) is 0.630. The van der Waals surface area contributed by atoms with Gasteiger partial charge in [0.2, 0.25) is 0 Å². The van der Waals surface area contributed by atoms with Gasteiger partial charge in [-0.25, -0.2) is 15.0 Å². The number of pyridine rings is 1. The van der Waals surface area contributed by atoms with E-state index in [0.717, 1.165) is 42.2 Å². The predicted molar refractivity (Wildman–Crippen MR) is 106 cm³/mol. The van der Waals surface area contributed by atoms with Gasteiger partial charge in [-0.2, -0.15) is 0 Å². The highest BCUT2D eigenvalue weighted by molar-refractivity contribution is 5.70. The van der Waals surface area contributed by atoms with E-state index in [1.807, 2.05) is 25.1 Å². The van der Waals surface area contributed by atoms with Crippen molar-refractivity contribution in [2.75, 3.05) is 0 Å². The van der Waals surface area contributed by atoms with E-state index in [1.54, 1.807) is 0 Å². The minimum atomic E-state index is 0.289. The van der Waals surface area contributed by atoms with Crippen LogP contribution in [0, 0.1) is 19.3 Å². The third-order valence-electron chi connectivity index (χ3n) is 5.30. The van der Waals surface area contributed by atoms with Crippen LogP contribution in [0.1, 0.15) is 42.8 Å². The molecule has 3 aromatic rings. The molecule has 0 atom stereocenters. The summed E-state index contributed by atoms with van der Waals surface area (Å²) in [5.41, 5.74) is 8.17. The Bertz CT molecular complexity index is 973. The van der Waals surface area contributed by atoms with Gasteiger partial charge in [0.05, 0.1) is 5.69 Å². The number of aryl methyl sites for hydroxylation is 3. The molecule has 1 aromatic carbocycles. The maximum Gasteiger partial charge on any atom is 0.178 e. The van der Waals surface area contributed by atoms with E-state index < -0.39 is 0 Å². The second-order valence-corrected chi connectivity index (χ2v) is 8.14. The van der Waals surface area contributed by atoms with E-state index in [9.17, 15) is 0 Å². The monoisotopic (exact) mass is 343 g/mol.